The molecule has 0 aromatic heterocycles. The zero-order valence-electron chi connectivity index (χ0n) is 19.6. The minimum absolute atomic E-state index is 0.0355. The highest BCUT2D eigenvalue weighted by Gasteiger charge is 2.26. The molecule has 0 spiro atoms. The molecule has 1 aromatic rings. The van der Waals surface area contributed by atoms with E-state index in [0.29, 0.717) is 0 Å². The van der Waals surface area contributed by atoms with Gasteiger partial charge in [-0.05, 0) is 80.7 Å². The van der Waals surface area contributed by atoms with Gasteiger partial charge in [0, 0.05) is 6.54 Å². The number of benzene rings is 1. The lowest BCUT2D eigenvalue weighted by Gasteiger charge is -2.32. The van der Waals surface area contributed by atoms with Gasteiger partial charge in [0.1, 0.15) is 0 Å². The van der Waals surface area contributed by atoms with Crippen LogP contribution in [0.5, 0.6) is 11.5 Å². The second kappa shape index (κ2) is 9.74. The van der Waals surface area contributed by atoms with Crippen molar-refractivity contribution in [2.24, 2.45) is 5.41 Å². The number of fused-ring (bicyclic) bond motifs is 1. The third-order valence-electron chi connectivity index (χ3n) is 6.53. The summed E-state index contributed by atoms with van der Waals surface area (Å²) in [7, 11) is 0. The summed E-state index contributed by atoms with van der Waals surface area (Å²) in [5, 5.41) is 23.1. The van der Waals surface area contributed by atoms with Gasteiger partial charge in [-0.2, -0.15) is 0 Å². The molecular weight excluding hydrogens is 382 g/mol. The fourth-order valence-electron chi connectivity index (χ4n) is 4.71. The fourth-order valence-corrected chi connectivity index (χ4v) is 4.71. The van der Waals surface area contributed by atoms with Crippen LogP contribution in [0.3, 0.4) is 0 Å². The number of phenolic OH excluding ortho intramolecular Hbond substituents is 2. The molecule has 0 saturated heterocycles. The van der Waals surface area contributed by atoms with Crippen molar-refractivity contribution in [3.8, 4) is 11.5 Å². The second-order valence-electron chi connectivity index (χ2n) is 9.67. The summed E-state index contributed by atoms with van der Waals surface area (Å²) >= 11 is 0. The summed E-state index contributed by atoms with van der Waals surface area (Å²) in [5.74, 6) is -0.109. The van der Waals surface area contributed by atoms with Crippen molar-refractivity contribution in [3.05, 3.63) is 82.0 Å². The molecule has 3 heteroatoms. The number of hydrogen-bond donors (Lipinski definition) is 3. The molecule has 3 nitrogen and oxygen atoms in total. The van der Waals surface area contributed by atoms with Gasteiger partial charge in [0.15, 0.2) is 11.5 Å². The lowest BCUT2D eigenvalue weighted by molar-refractivity contribution is 0.377. The van der Waals surface area contributed by atoms with E-state index in [1.165, 1.54) is 36.0 Å². The van der Waals surface area contributed by atoms with Crippen LogP contribution in [0.1, 0.15) is 71.0 Å². The van der Waals surface area contributed by atoms with Crippen LogP contribution < -0.4 is 5.32 Å². The molecule has 0 bridgehead atoms. The van der Waals surface area contributed by atoms with Gasteiger partial charge in [0.2, 0.25) is 0 Å². The van der Waals surface area contributed by atoms with Crippen LogP contribution in [0.2, 0.25) is 0 Å². The maximum absolute atomic E-state index is 9.89. The van der Waals surface area contributed by atoms with Gasteiger partial charge in [-0.3, -0.25) is 0 Å². The molecular formula is C28H37NO2. The van der Waals surface area contributed by atoms with Crippen LogP contribution in [0.25, 0.3) is 0 Å². The van der Waals surface area contributed by atoms with Gasteiger partial charge in [-0.15, -0.1) is 0 Å². The average molecular weight is 420 g/mol. The van der Waals surface area contributed by atoms with E-state index in [9.17, 15) is 10.2 Å². The quantitative estimate of drug-likeness (QED) is 0.363. The third kappa shape index (κ3) is 5.80. The van der Waals surface area contributed by atoms with Crippen molar-refractivity contribution in [1.82, 2.24) is 5.32 Å². The molecule has 166 valence electrons. The average Bonchev–Trinajstić information content (AvgIpc) is 2.68. The van der Waals surface area contributed by atoms with Crippen molar-refractivity contribution >= 4 is 0 Å². The van der Waals surface area contributed by atoms with Gasteiger partial charge in [0.25, 0.3) is 0 Å². The van der Waals surface area contributed by atoms with Gasteiger partial charge in [0.05, 0.1) is 6.04 Å². The van der Waals surface area contributed by atoms with Crippen LogP contribution in [0.15, 0.2) is 70.9 Å². The summed E-state index contributed by atoms with van der Waals surface area (Å²) < 4.78 is 0. The van der Waals surface area contributed by atoms with E-state index in [1.54, 1.807) is 12.1 Å². The Kier molecular flexibility index (Phi) is 7.27. The largest absolute Gasteiger partial charge is 0.504 e. The monoisotopic (exact) mass is 419 g/mol. The molecule has 0 amide bonds. The first-order chi connectivity index (χ1) is 14.7. The molecule has 3 N–H and O–H groups in total. The summed E-state index contributed by atoms with van der Waals surface area (Å²) in [6.07, 6.45) is 17.7. The molecule has 31 heavy (non-hydrogen) atoms. The Bertz CT molecular complexity index is 973. The molecule has 2 aliphatic rings. The maximum Gasteiger partial charge on any atom is 0.157 e. The minimum atomic E-state index is -0.0640. The number of nitrogens with one attached hydrogen (secondary N) is 1. The Morgan fingerprint density at radius 1 is 1.06 bits per heavy atom. The normalized spacial score (nSPS) is 22.4. The predicted octanol–water partition coefficient (Wildman–Crippen LogP) is 6.82. The van der Waals surface area contributed by atoms with Crippen LogP contribution >= 0.6 is 0 Å². The first-order valence-electron chi connectivity index (χ1n) is 11.4. The minimum Gasteiger partial charge on any atom is -0.504 e. The molecule has 1 aliphatic heterocycles. The smallest absolute Gasteiger partial charge is 0.157 e. The van der Waals surface area contributed by atoms with E-state index in [1.807, 2.05) is 0 Å². The molecule has 3 rings (SSSR count). The van der Waals surface area contributed by atoms with E-state index < -0.39 is 0 Å². The molecule has 1 atom stereocenters. The highest BCUT2D eigenvalue weighted by atomic mass is 16.3. The number of allylic oxidation sites excluding steroid dienone is 9. The zero-order chi connectivity index (χ0) is 22.6. The van der Waals surface area contributed by atoms with E-state index in [4.69, 9.17) is 0 Å². The fraction of sp³-hybridized carbons (Fsp3) is 0.429. The highest BCUT2D eigenvalue weighted by Crippen LogP contribution is 2.40. The third-order valence-corrected chi connectivity index (χ3v) is 6.53. The zero-order valence-corrected chi connectivity index (χ0v) is 19.6. The first kappa shape index (κ1) is 23.1. The lowest BCUT2D eigenvalue weighted by atomic mass is 9.72. The number of phenols is 2. The Hall–Kier alpha value is -2.52. The number of rotatable bonds is 5. The molecule has 1 aromatic carbocycles. The van der Waals surface area contributed by atoms with Crippen molar-refractivity contribution in [2.75, 3.05) is 6.54 Å². The summed E-state index contributed by atoms with van der Waals surface area (Å²) in [4.78, 5) is 0. The Morgan fingerprint density at radius 2 is 1.81 bits per heavy atom. The topological polar surface area (TPSA) is 52.5 Å². The van der Waals surface area contributed by atoms with Crippen molar-refractivity contribution in [2.45, 2.75) is 66.3 Å². The molecule has 0 saturated carbocycles. The van der Waals surface area contributed by atoms with Crippen LogP contribution in [-0.4, -0.2) is 16.8 Å². The van der Waals surface area contributed by atoms with Crippen LogP contribution in [0, 0.1) is 5.41 Å². The lowest BCUT2D eigenvalue weighted by Crippen LogP contribution is -2.28. The van der Waals surface area contributed by atoms with Gasteiger partial charge < -0.3 is 15.5 Å². The second-order valence-corrected chi connectivity index (χ2v) is 9.67. The number of aromatic hydroxyl groups is 2. The van der Waals surface area contributed by atoms with Crippen molar-refractivity contribution < 1.29 is 10.2 Å². The van der Waals surface area contributed by atoms with Crippen LogP contribution in [-0.2, 0) is 6.42 Å². The maximum atomic E-state index is 9.89. The first-order valence-corrected chi connectivity index (χ1v) is 11.4. The van der Waals surface area contributed by atoms with Gasteiger partial charge in [-0.1, -0.05) is 67.0 Å². The molecule has 1 heterocycles. The standard InChI is InChI=1S/C28H37NO2/c1-19(11-12-24-21(3)10-7-14-28(24,4)5)8-6-9-20(2)16-25-23-18-27(31)26(30)17-22(23)13-15-29-25/h6,8-9,11-12,16-18,25,29-31H,7,10,13-15H2,1-5H3/b9-6+,12-11+,19-8+,20-16-. The molecule has 1 unspecified atom stereocenters. The van der Waals surface area contributed by atoms with Gasteiger partial charge in [-0.25, -0.2) is 0 Å². The molecule has 1 aliphatic carbocycles. The van der Waals surface area contributed by atoms with Crippen LogP contribution in [0.4, 0.5) is 0 Å². The Morgan fingerprint density at radius 3 is 2.55 bits per heavy atom. The van der Waals surface area contributed by atoms with Crippen molar-refractivity contribution in [3.63, 3.8) is 0 Å². The summed E-state index contributed by atoms with van der Waals surface area (Å²) in [6, 6.07) is 3.39. The Labute approximate surface area is 187 Å². The van der Waals surface area contributed by atoms with E-state index in [-0.39, 0.29) is 23.0 Å². The predicted molar refractivity (Wildman–Crippen MR) is 130 cm³/mol. The SMILES string of the molecule is CC1=C(/C=C/C(C)=C/C=C/C(C)=C\C2NCCc3cc(O)c(O)cc32)C(C)(C)CCC1. The van der Waals surface area contributed by atoms with Gasteiger partial charge >= 0.3 is 0 Å². The summed E-state index contributed by atoms with van der Waals surface area (Å²) in [6.45, 7) is 12.0. The number of hydrogen-bond acceptors (Lipinski definition) is 3. The molecule has 0 radical (unpaired) electrons. The summed E-state index contributed by atoms with van der Waals surface area (Å²) in [5.41, 5.74) is 7.77. The van der Waals surface area contributed by atoms with Crippen molar-refractivity contribution in [1.29, 1.82) is 0 Å². The van der Waals surface area contributed by atoms with E-state index >= 15 is 0 Å². The highest BCUT2D eigenvalue weighted by molar-refractivity contribution is 5.49. The van der Waals surface area contributed by atoms with E-state index in [0.717, 1.165) is 29.7 Å². The van der Waals surface area contributed by atoms with E-state index in [2.05, 4.69) is 76.4 Å². The molecule has 0 fully saturated rings. The Balaban J connectivity index is 1.69.